The molecule has 0 aliphatic heterocycles. The van der Waals surface area contributed by atoms with E-state index in [0.717, 1.165) is 36.8 Å². The third-order valence-electron chi connectivity index (χ3n) is 6.21. The second kappa shape index (κ2) is 12.3. The number of carbonyl (C=O) groups excluding carboxylic acids is 2. The van der Waals surface area contributed by atoms with Crippen LogP contribution in [0.1, 0.15) is 50.2 Å². The lowest BCUT2D eigenvalue weighted by Crippen LogP contribution is -2.52. The largest absolute Gasteiger partial charge is 0.496 e. The number of benzene rings is 2. The minimum atomic E-state index is -0.572. The SMILES string of the molecule is CCC(C(=O)NC1CCCC1)N(Cc1cccc(C)c1)C(=O)COc1cc(OC)cc(OC)c1. The van der Waals surface area contributed by atoms with E-state index in [1.54, 1.807) is 37.3 Å². The van der Waals surface area contributed by atoms with Crippen LogP contribution in [0.25, 0.3) is 0 Å². The van der Waals surface area contributed by atoms with E-state index in [1.165, 1.54) is 0 Å². The van der Waals surface area contributed by atoms with E-state index >= 15 is 0 Å². The van der Waals surface area contributed by atoms with Crippen molar-refractivity contribution in [3.05, 3.63) is 53.6 Å². The van der Waals surface area contributed by atoms with Crippen LogP contribution in [0.2, 0.25) is 0 Å². The molecule has 34 heavy (non-hydrogen) atoms. The van der Waals surface area contributed by atoms with Crippen molar-refractivity contribution in [2.75, 3.05) is 20.8 Å². The molecule has 1 N–H and O–H groups in total. The fraction of sp³-hybridized carbons (Fsp3) is 0.481. The number of nitrogens with zero attached hydrogens (tertiary/aromatic N) is 1. The molecule has 1 aliphatic rings. The van der Waals surface area contributed by atoms with Gasteiger partial charge in [0.25, 0.3) is 5.91 Å². The monoisotopic (exact) mass is 468 g/mol. The normalized spacial score (nSPS) is 14.4. The Kier molecular flexibility index (Phi) is 9.19. The lowest BCUT2D eigenvalue weighted by Gasteiger charge is -2.31. The zero-order valence-corrected chi connectivity index (χ0v) is 20.6. The first-order chi connectivity index (χ1) is 16.4. The quantitative estimate of drug-likeness (QED) is 0.533. The molecule has 1 saturated carbocycles. The molecule has 0 spiro atoms. The van der Waals surface area contributed by atoms with Crippen molar-refractivity contribution in [2.24, 2.45) is 0 Å². The highest BCUT2D eigenvalue weighted by Crippen LogP contribution is 2.27. The summed E-state index contributed by atoms with van der Waals surface area (Å²) in [5.41, 5.74) is 2.08. The third kappa shape index (κ3) is 6.89. The summed E-state index contributed by atoms with van der Waals surface area (Å²) in [5.74, 6) is 1.25. The van der Waals surface area contributed by atoms with E-state index in [4.69, 9.17) is 14.2 Å². The molecule has 2 aromatic carbocycles. The average molecular weight is 469 g/mol. The molecule has 7 nitrogen and oxygen atoms in total. The van der Waals surface area contributed by atoms with Gasteiger partial charge >= 0.3 is 0 Å². The summed E-state index contributed by atoms with van der Waals surface area (Å²) in [7, 11) is 3.12. The van der Waals surface area contributed by atoms with Crippen LogP contribution in [0.5, 0.6) is 17.2 Å². The van der Waals surface area contributed by atoms with Crippen molar-refractivity contribution < 1.29 is 23.8 Å². The molecule has 184 valence electrons. The van der Waals surface area contributed by atoms with E-state index in [2.05, 4.69) is 5.32 Å². The number of hydrogen-bond donors (Lipinski definition) is 1. The Bertz CT molecular complexity index is 949. The zero-order chi connectivity index (χ0) is 24.5. The number of methoxy groups -OCH3 is 2. The summed E-state index contributed by atoms with van der Waals surface area (Å²) in [6.07, 6.45) is 4.77. The Hall–Kier alpha value is -3.22. The number of rotatable bonds is 11. The van der Waals surface area contributed by atoms with Gasteiger partial charge in [-0.2, -0.15) is 0 Å². The minimum Gasteiger partial charge on any atom is -0.496 e. The van der Waals surface area contributed by atoms with Gasteiger partial charge in [-0.25, -0.2) is 0 Å². The van der Waals surface area contributed by atoms with E-state index in [9.17, 15) is 9.59 Å². The van der Waals surface area contributed by atoms with Gasteiger partial charge in [-0.1, -0.05) is 49.6 Å². The van der Waals surface area contributed by atoms with E-state index < -0.39 is 6.04 Å². The molecule has 0 bridgehead atoms. The smallest absolute Gasteiger partial charge is 0.261 e. The molecule has 1 atom stereocenters. The van der Waals surface area contributed by atoms with Gasteiger partial charge in [0.15, 0.2) is 6.61 Å². The predicted molar refractivity (Wildman–Crippen MR) is 131 cm³/mol. The Morgan fingerprint density at radius 3 is 2.26 bits per heavy atom. The second-order valence-corrected chi connectivity index (χ2v) is 8.76. The molecule has 0 heterocycles. The Labute approximate surface area is 202 Å². The topological polar surface area (TPSA) is 77.1 Å². The van der Waals surface area contributed by atoms with Gasteiger partial charge in [-0.15, -0.1) is 0 Å². The molecule has 2 aromatic rings. The lowest BCUT2D eigenvalue weighted by atomic mass is 10.1. The summed E-state index contributed by atoms with van der Waals surface area (Å²) < 4.78 is 16.4. The van der Waals surface area contributed by atoms with Gasteiger partial charge in [0, 0.05) is 30.8 Å². The van der Waals surface area contributed by atoms with Gasteiger partial charge < -0.3 is 24.4 Å². The van der Waals surface area contributed by atoms with Crippen LogP contribution < -0.4 is 19.5 Å². The number of nitrogens with one attached hydrogen (secondary N) is 1. The third-order valence-corrected chi connectivity index (χ3v) is 6.21. The molecule has 1 aliphatic carbocycles. The van der Waals surface area contributed by atoms with Gasteiger partial charge in [0.2, 0.25) is 5.91 Å². The number of hydrogen-bond acceptors (Lipinski definition) is 5. The first kappa shape index (κ1) is 25.4. The Morgan fingerprint density at radius 2 is 1.68 bits per heavy atom. The van der Waals surface area contributed by atoms with E-state index in [1.807, 2.05) is 38.1 Å². The summed E-state index contributed by atoms with van der Waals surface area (Å²) in [4.78, 5) is 28.2. The molecular formula is C27H36N2O5. The van der Waals surface area contributed by atoms with E-state index in [0.29, 0.717) is 30.2 Å². The van der Waals surface area contributed by atoms with Gasteiger partial charge in [-0.3, -0.25) is 9.59 Å². The summed E-state index contributed by atoms with van der Waals surface area (Å²) in [6, 6.07) is 12.7. The van der Waals surface area contributed by atoms with Crippen molar-refractivity contribution in [1.29, 1.82) is 0 Å². The van der Waals surface area contributed by atoms with Crippen LogP contribution in [0.4, 0.5) is 0 Å². The number of amides is 2. The number of ether oxygens (including phenoxy) is 3. The molecule has 0 radical (unpaired) electrons. The standard InChI is InChI=1S/C27H36N2O5/c1-5-25(27(31)28-21-11-6-7-12-21)29(17-20-10-8-9-19(2)13-20)26(30)18-34-24-15-22(32-3)14-23(16-24)33-4/h8-10,13-16,21,25H,5-7,11-12,17-18H2,1-4H3,(H,28,31). The Morgan fingerprint density at radius 1 is 1.03 bits per heavy atom. The van der Waals surface area contributed by atoms with Crippen molar-refractivity contribution >= 4 is 11.8 Å². The molecule has 3 rings (SSSR count). The Balaban J connectivity index is 1.78. The average Bonchev–Trinajstić information content (AvgIpc) is 3.35. The van der Waals surface area contributed by atoms with Crippen LogP contribution in [0, 0.1) is 6.92 Å². The summed E-state index contributed by atoms with van der Waals surface area (Å²) in [5, 5.41) is 3.16. The fourth-order valence-corrected chi connectivity index (χ4v) is 4.39. The molecule has 2 amide bonds. The van der Waals surface area contributed by atoms with Crippen molar-refractivity contribution in [3.63, 3.8) is 0 Å². The molecule has 0 aromatic heterocycles. The summed E-state index contributed by atoms with van der Waals surface area (Å²) >= 11 is 0. The van der Waals surface area contributed by atoms with Crippen molar-refractivity contribution in [3.8, 4) is 17.2 Å². The van der Waals surface area contributed by atoms with Crippen LogP contribution in [-0.4, -0.2) is 49.6 Å². The van der Waals surface area contributed by atoms with Gasteiger partial charge in [0.1, 0.15) is 23.3 Å². The lowest BCUT2D eigenvalue weighted by molar-refractivity contribution is -0.143. The van der Waals surface area contributed by atoms with Crippen LogP contribution in [0.3, 0.4) is 0 Å². The first-order valence-corrected chi connectivity index (χ1v) is 11.9. The molecule has 0 saturated heterocycles. The summed E-state index contributed by atoms with van der Waals surface area (Å²) in [6.45, 7) is 4.08. The highest BCUT2D eigenvalue weighted by Gasteiger charge is 2.31. The highest BCUT2D eigenvalue weighted by molar-refractivity contribution is 5.88. The maximum absolute atomic E-state index is 13.4. The van der Waals surface area contributed by atoms with Gasteiger partial charge in [0.05, 0.1) is 14.2 Å². The molecule has 7 heteroatoms. The predicted octanol–water partition coefficient (Wildman–Crippen LogP) is 4.26. The van der Waals surface area contributed by atoms with Crippen LogP contribution >= 0.6 is 0 Å². The van der Waals surface area contributed by atoms with E-state index in [-0.39, 0.29) is 24.5 Å². The van der Waals surface area contributed by atoms with Crippen molar-refractivity contribution in [2.45, 2.75) is 64.6 Å². The fourth-order valence-electron chi connectivity index (χ4n) is 4.39. The van der Waals surface area contributed by atoms with Crippen molar-refractivity contribution in [1.82, 2.24) is 10.2 Å². The molecular weight excluding hydrogens is 432 g/mol. The molecule has 1 unspecified atom stereocenters. The first-order valence-electron chi connectivity index (χ1n) is 11.9. The van der Waals surface area contributed by atoms with Crippen LogP contribution in [0.15, 0.2) is 42.5 Å². The second-order valence-electron chi connectivity index (χ2n) is 8.76. The number of carbonyl (C=O) groups is 2. The molecule has 1 fully saturated rings. The maximum Gasteiger partial charge on any atom is 0.261 e. The number of aryl methyl sites for hydroxylation is 1. The minimum absolute atomic E-state index is 0.0987. The van der Waals surface area contributed by atoms with Crippen LogP contribution in [-0.2, 0) is 16.1 Å². The zero-order valence-electron chi connectivity index (χ0n) is 20.6. The maximum atomic E-state index is 13.4. The van der Waals surface area contributed by atoms with Gasteiger partial charge in [-0.05, 0) is 31.7 Å². The highest BCUT2D eigenvalue weighted by atomic mass is 16.5.